The van der Waals surface area contributed by atoms with Gasteiger partial charge in [-0.15, -0.1) is 0 Å². The van der Waals surface area contributed by atoms with Crippen molar-refractivity contribution in [2.45, 2.75) is 39.5 Å². The molecule has 1 heterocycles. The number of ether oxygens (including phenoxy) is 1. The highest BCUT2D eigenvalue weighted by Gasteiger charge is 2.61. The van der Waals surface area contributed by atoms with Crippen molar-refractivity contribution in [2.75, 3.05) is 13.1 Å². The fraction of sp³-hybridized carbons (Fsp3) is 0.833. The maximum Gasteiger partial charge on any atom is 0.410 e. The van der Waals surface area contributed by atoms with Gasteiger partial charge in [0.05, 0.1) is 5.41 Å². The normalized spacial score (nSPS) is 27.6. The smallest absolute Gasteiger partial charge is 0.410 e. The fourth-order valence-corrected chi connectivity index (χ4v) is 2.08. The molecule has 1 aliphatic heterocycles. The van der Waals surface area contributed by atoms with Crippen LogP contribution in [0.1, 0.15) is 27.7 Å². The van der Waals surface area contributed by atoms with E-state index in [1.54, 1.807) is 20.8 Å². The number of carbonyl (C=O) groups is 2. The number of likely N-dealkylation sites (tertiary alicyclic amines) is 1. The van der Waals surface area contributed by atoms with E-state index in [1.807, 2.05) is 0 Å². The second-order valence-corrected chi connectivity index (χ2v) is 6.15. The highest BCUT2D eigenvalue weighted by Crippen LogP contribution is 2.48. The van der Waals surface area contributed by atoms with E-state index in [2.05, 4.69) is 0 Å². The lowest BCUT2D eigenvalue weighted by Crippen LogP contribution is -2.49. The van der Waals surface area contributed by atoms with Crippen molar-refractivity contribution < 1.29 is 32.6 Å². The van der Waals surface area contributed by atoms with E-state index < -0.39 is 48.3 Å². The van der Waals surface area contributed by atoms with Crippen LogP contribution in [0.2, 0.25) is 0 Å². The zero-order chi connectivity index (χ0) is 15.9. The van der Waals surface area contributed by atoms with E-state index in [4.69, 9.17) is 4.74 Å². The summed E-state index contributed by atoms with van der Waals surface area (Å²) in [5.74, 6) is -3.63. The standard InChI is InChI=1S/C12H18F3NO4/c1-10(2,3)20-9(19)16-5-7(8(17)18)11(4,6-16)12(13,14)15/h7H,5-6H2,1-4H3,(H,17,18)/p-1. The Balaban J connectivity index is 2.98. The van der Waals surface area contributed by atoms with Crippen LogP contribution in [-0.4, -0.2) is 41.8 Å². The molecule has 0 N–H and O–H groups in total. The SMILES string of the molecule is CC(C)(C)OC(=O)N1CC(C(=O)[O-])C(C)(C(F)(F)F)C1. The third kappa shape index (κ3) is 3.16. The van der Waals surface area contributed by atoms with Crippen LogP contribution in [0.4, 0.5) is 18.0 Å². The van der Waals surface area contributed by atoms with Crippen LogP contribution in [0.15, 0.2) is 0 Å². The molecule has 2 unspecified atom stereocenters. The van der Waals surface area contributed by atoms with Gasteiger partial charge in [-0.25, -0.2) is 4.79 Å². The highest BCUT2D eigenvalue weighted by atomic mass is 19.4. The molecule has 5 nitrogen and oxygen atoms in total. The molecule has 0 aromatic carbocycles. The summed E-state index contributed by atoms with van der Waals surface area (Å²) in [6.45, 7) is 4.15. The molecule has 1 saturated heterocycles. The molecule has 0 radical (unpaired) electrons. The van der Waals surface area contributed by atoms with Gasteiger partial charge >= 0.3 is 12.3 Å². The van der Waals surface area contributed by atoms with Crippen LogP contribution >= 0.6 is 0 Å². The summed E-state index contributed by atoms with van der Waals surface area (Å²) in [5, 5.41) is 10.9. The Morgan fingerprint density at radius 1 is 1.30 bits per heavy atom. The first kappa shape index (κ1) is 16.6. The molecule has 1 fully saturated rings. The predicted octanol–water partition coefficient (Wildman–Crippen LogP) is 1.17. The summed E-state index contributed by atoms with van der Waals surface area (Å²) in [7, 11) is 0. The summed E-state index contributed by atoms with van der Waals surface area (Å²) < 4.78 is 44.1. The van der Waals surface area contributed by atoms with Crippen molar-refractivity contribution in [3.63, 3.8) is 0 Å². The van der Waals surface area contributed by atoms with Crippen LogP contribution in [0.3, 0.4) is 0 Å². The molecular weight excluding hydrogens is 279 g/mol. The first-order valence-corrected chi connectivity index (χ1v) is 6.03. The van der Waals surface area contributed by atoms with E-state index in [1.165, 1.54) is 0 Å². The molecule has 0 aromatic heterocycles. The monoisotopic (exact) mass is 296 g/mol. The molecule has 2 atom stereocenters. The minimum absolute atomic E-state index is 0.576. The zero-order valence-corrected chi connectivity index (χ0v) is 11.7. The van der Waals surface area contributed by atoms with Crippen molar-refractivity contribution in [1.82, 2.24) is 4.90 Å². The second kappa shape index (κ2) is 4.82. The molecule has 8 heteroatoms. The quantitative estimate of drug-likeness (QED) is 0.728. The zero-order valence-electron chi connectivity index (χ0n) is 11.7. The highest BCUT2D eigenvalue weighted by molar-refractivity contribution is 5.74. The van der Waals surface area contributed by atoms with Crippen molar-refractivity contribution in [1.29, 1.82) is 0 Å². The third-order valence-electron chi connectivity index (χ3n) is 3.28. The van der Waals surface area contributed by atoms with Crippen molar-refractivity contribution in [3.8, 4) is 0 Å². The molecule has 1 aliphatic rings. The van der Waals surface area contributed by atoms with Crippen LogP contribution in [0, 0.1) is 11.3 Å². The van der Waals surface area contributed by atoms with Crippen molar-refractivity contribution >= 4 is 12.1 Å². The number of alkyl halides is 3. The first-order valence-electron chi connectivity index (χ1n) is 6.03. The molecule has 0 saturated carbocycles. The molecule has 116 valence electrons. The van der Waals surface area contributed by atoms with Gasteiger partial charge in [0.15, 0.2) is 0 Å². The Hall–Kier alpha value is -1.47. The number of carboxylic acids is 1. The molecule has 0 spiro atoms. The van der Waals surface area contributed by atoms with Crippen LogP contribution < -0.4 is 5.11 Å². The van der Waals surface area contributed by atoms with Gasteiger partial charge in [-0.3, -0.25) is 0 Å². The summed E-state index contributed by atoms with van der Waals surface area (Å²) in [6, 6.07) is 0. The Bertz CT molecular complexity index is 416. The van der Waals surface area contributed by atoms with Gasteiger partial charge in [0.25, 0.3) is 0 Å². The number of hydrogen-bond acceptors (Lipinski definition) is 4. The maximum atomic E-state index is 13.1. The Morgan fingerprint density at radius 2 is 1.80 bits per heavy atom. The lowest BCUT2D eigenvalue weighted by atomic mass is 9.79. The van der Waals surface area contributed by atoms with Crippen molar-refractivity contribution in [2.24, 2.45) is 11.3 Å². The van der Waals surface area contributed by atoms with Crippen LogP contribution in [0.5, 0.6) is 0 Å². The van der Waals surface area contributed by atoms with Gasteiger partial charge in [-0.1, -0.05) is 0 Å². The van der Waals surface area contributed by atoms with E-state index in [0.29, 0.717) is 0 Å². The van der Waals surface area contributed by atoms with E-state index in [0.717, 1.165) is 11.8 Å². The summed E-state index contributed by atoms with van der Waals surface area (Å²) in [4.78, 5) is 23.5. The van der Waals surface area contributed by atoms with Gasteiger partial charge < -0.3 is 19.5 Å². The molecule has 20 heavy (non-hydrogen) atoms. The lowest BCUT2D eigenvalue weighted by Gasteiger charge is -2.33. The predicted molar refractivity (Wildman–Crippen MR) is 60.5 cm³/mol. The summed E-state index contributed by atoms with van der Waals surface area (Å²) >= 11 is 0. The Morgan fingerprint density at radius 3 is 2.10 bits per heavy atom. The molecule has 0 aliphatic carbocycles. The van der Waals surface area contributed by atoms with Gasteiger partial charge in [-0.05, 0) is 27.7 Å². The summed E-state index contributed by atoms with van der Waals surface area (Å²) in [6.07, 6.45) is -5.72. The largest absolute Gasteiger partial charge is 0.550 e. The summed E-state index contributed by atoms with van der Waals surface area (Å²) in [5.41, 5.74) is -3.41. The van der Waals surface area contributed by atoms with Gasteiger partial charge in [0, 0.05) is 25.0 Å². The van der Waals surface area contributed by atoms with Gasteiger partial charge in [0.1, 0.15) is 5.60 Å². The number of hydrogen-bond donors (Lipinski definition) is 0. The number of aliphatic carboxylic acids is 1. The Kier molecular flexibility index (Phi) is 4.00. The van der Waals surface area contributed by atoms with Crippen molar-refractivity contribution in [3.05, 3.63) is 0 Å². The average molecular weight is 296 g/mol. The van der Waals surface area contributed by atoms with Crippen LogP contribution in [-0.2, 0) is 9.53 Å². The topological polar surface area (TPSA) is 69.7 Å². The fourth-order valence-electron chi connectivity index (χ4n) is 2.08. The number of carboxylic acid groups (broad SMARTS) is 1. The molecule has 1 amide bonds. The number of halogens is 3. The number of nitrogens with zero attached hydrogens (tertiary/aromatic N) is 1. The van der Waals surface area contributed by atoms with Crippen LogP contribution in [0.25, 0.3) is 0 Å². The Labute approximate surface area is 114 Å². The third-order valence-corrected chi connectivity index (χ3v) is 3.28. The number of rotatable bonds is 1. The first-order chi connectivity index (χ1) is 8.78. The second-order valence-electron chi connectivity index (χ2n) is 6.15. The minimum atomic E-state index is -4.76. The molecular formula is C12H17F3NO4-. The van der Waals surface area contributed by atoms with Gasteiger partial charge in [-0.2, -0.15) is 13.2 Å². The number of carbonyl (C=O) groups excluding carboxylic acids is 2. The molecule has 0 aromatic rings. The average Bonchev–Trinajstić information content (AvgIpc) is 2.54. The number of amides is 1. The van der Waals surface area contributed by atoms with E-state index in [-0.39, 0.29) is 0 Å². The van der Waals surface area contributed by atoms with E-state index in [9.17, 15) is 27.9 Å². The minimum Gasteiger partial charge on any atom is -0.550 e. The van der Waals surface area contributed by atoms with E-state index >= 15 is 0 Å². The van der Waals surface area contributed by atoms with Gasteiger partial charge in [0.2, 0.25) is 0 Å². The molecule has 0 bridgehead atoms. The maximum absolute atomic E-state index is 13.1. The lowest BCUT2D eigenvalue weighted by molar-refractivity contribution is -0.322. The molecule has 1 rings (SSSR count).